The maximum absolute atomic E-state index is 12.0. The van der Waals surface area contributed by atoms with Crippen molar-refractivity contribution < 1.29 is 13.2 Å². The van der Waals surface area contributed by atoms with Gasteiger partial charge in [0.1, 0.15) is 17.4 Å². The van der Waals surface area contributed by atoms with Crippen LogP contribution in [0.25, 0.3) is 0 Å². The van der Waals surface area contributed by atoms with Gasteiger partial charge in [0.25, 0.3) is 0 Å². The topological polar surface area (TPSA) is 75.6 Å². The summed E-state index contributed by atoms with van der Waals surface area (Å²) < 4.78 is 31.3. The van der Waals surface area contributed by atoms with Crippen molar-refractivity contribution in [3.63, 3.8) is 0 Å². The normalized spacial score (nSPS) is 16.0. The van der Waals surface area contributed by atoms with Crippen LogP contribution in [0, 0.1) is 6.92 Å². The zero-order valence-corrected chi connectivity index (χ0v) is 15.2. The number of nitrogens with zero attached hydrogens (tertiary/aromatic N) is 4. The van der Waals surface area contributed by atoms with Gasteiger partial charge in [-0.1, -0.05) is 18.2 Å². The highest BCUT2D eigenvalue weighted by Crippen LogP contribution is 2.24. The first kappa shape index (κ1) is 17.6. The predicted octanol–water partition coefficient (Wildman–Crippen LogP) is 2.05. The van der Waals surface area contributed by atoms with Gasteiger partial charge in [0.05, 0.1) is 5.75 Å². The van der Waals surface area contributed by atoms with Crippen LogP contribution in [-0.2, 0) is 10.0 Å². The van der Waals surface area contributed by atoms with Crippen molar-refractivity contribution in [3.05, 3.63) is 42.2 Å². The van der Waals surface area contributed by atoms with Crippen LogP contribution in [0.2, 0.25) is 0 Å². The molecule has 1 aromatic carbocycles. The van der Waals surface area contributed by atoms with E-state index >= 15 is 0 Å². The van der Waals surface area contributed by atoms with Gasteiger partial charge < -0.3 is 9.64 Å². The second kappa shape index (κ2) is 7.37. The number of para-hydroxylation sites is 1. The summed E-state index contributed by atoms with van der Waals surface area (Å²) in [6.45, 7) is 5.62. The van der Waals surface area contributed by atoms with Crippen LogP contribution in [0.4, 0.5) is 5.82 Å². The van der Waals surface area contributed by atoms with Gasteiger partial charge in [-0.15, -0.1) is 0 Å². The molecule has 0 unspecified atom stereocenters. The van der Waals surface area contributed by atoms with Gasteiger partial charge in [-0.2, -0.15) is 9.29 Å². The fourth-order valence-corrected chi connectivity index (χ4v) is 3.81. The highest BCUT2D eigenvalue weighted by Gasteiger charge is 2.26. The highest BCUT2D eigenvalue weighted by molar-refractivity contribution is 7.89. The summed E-state index contributed by atoms with van der Waals surface area (Å²) in [5.74, 6) is 2.70. The first-order valence-electron chi connectivity index (χ1n) is 8.29. The van der Waals surface area contributed by atoms with Crippen molar-refractivity contribution in [2.75, 3.05) is 36.8 Å². The van der Waals surface area contributed by atoms with E-state index in [4.69, 9.17) is 4.74 Å². The minimum Gasteiger partial charge on any atom is -0.439 e. The quantitative estimate of drug-likeness (QED) is 0.810. The van der Waals surface area contributed by atoms with Crippen molar-refractivity contribution in [1.82, 2.24) is 14.3 Å². The number of hydrogen-bond donors (Lipinski definition) is 0. The van der Waals surface area contributed by atoms with E-state index in [1.54, 1.807) is 17.3 Å². The van der Waals surface area contributed by atoms with Gasteiger partial charge in [-0.05, 0) is 26.0 Å². The van der Waals surface area contributed by atoms with Crippen LogP contribution in [0.1, 0.15) is 12.7 Å². The zero-order chi connectivity index (χ0) is 17.9. The molecule has 134 valence electrons. The number of piperazine rings is 1. The first-order valence-corrected chi connectivity index (χ1v) is 9.90. The third kappa shape index (κ3) is 4.26. The molecule has 0 saturated carbocycles. The van der Waals surface area contributed by atoms with E-state index in [2.05, 4.69) is 14.9 Å². The summed E-state index contributed by atoms with van der Waals surface area (Å²) in [5, 5.41) is 0. The number of aryl methyl sites for hydroxylation is 1. The molecule has 0 N–H and O–H groups in total. The Morgan fingerprint density at radius 2 is 1.76 bits per heavy atom. The van der Waals surface area contributed by atoms with Crippen LogP contribution >= 0.6 is 0 Å². The van der Waals surface area contributed by atoms with Crippen molar-refractivity contribution in [2.45, 2.75) is 13.8 Å². The monoisotopic (exact) mass is 362 g/mol. The molecule has 0 atom stereocenters. The first-order chi connectivity index (χ1) is 12.0. The number of rotatable bonds is 5. The van der Waals surface area contributed by atoms with Crippen molar-refractivity contribution in [2.24, 2.45) is 0 Å². The summed E-state index contributed by atoms with van der Waals surface area (Å²) in [4.78, 5) is 10.9. The van der Waals surface area contributed by atoms with Gasteiger partial charge in [0, 0.05) is 32.2 Å². The smallest absolute Gasteiger partial charge is 0.224 e. The Morgan fingerprint density at radius 1 is 1.08 bits per heavy atom. The molecule has 1 saturated heterocycles. The number of sulfonamides is 1. The number of ether oxygens (including phenoxy) is 1. The molecule has 2 aromatic rings. The lowest BCUT2D eigenvalue weighted by molar-refractivity contribution is 0.383. The molecule has 8 heteroatoms. The number of anilines is 1. The van der Waals surface area contributed by atoms with Crippen LogP contribution in [0.15, 0.2) is 36.4 Å². The van der Waals surface area contributed by atoms with E-state index in [0.717, 1.165) is 5.82 Å². The van der Waals surface area contributed by atoms with Gasteiger partial charge in [0.15, 0.2) is 0 Å². The molecule has 1 fully saturated rings. The van der Waals surface area contributed by atoms with Gasteiger partial charge in [0.2, 0.25) is 15.9 Å². The van der Waals surface area contributed by atoms with E-state index in [-0.39, 0.29) is 5.75 Å². The number of hydrogen-bond acceptors (Lipinski definition) is 6. The summed E-state index contributed by atoms with van der Waals surface area (Å²) in [7, 11) is -3.13. The summed E-state index contributed by atoms with van der Waals surface area (Å²) in [6.07, 6.45) is 0. The molecule has 0 radical (unpaired) electrons. The zero-order valence-electron chi connectivity index (χ0n) is 14.4. The molecule has 25 heavy (non-hydrogen) atoms. The molecule has 0 amide bonds. The minimum atomic E-state index is -3.13. The molecular weight excluding hydrogens is 340 g/mol. The maximum atomic E-state index is 12.0. The average Bonchev–Trinajstić information content (AvgIpc) is 2.62. The minimum absolute atomic E-state index is 0.134. The lowest BCUT2D eigenvalue weighted by atomic mass is 10.3. The molecule has 7 nitrogen and oxygen atoms in total. The van der Waals surface area contributed by atoms with E-state index in [0.29, 0.717) is 43.6 Å². The lowest BCUT2D eigenvalue weighted by Gasteiger charge is -2.34. The highest BCUT2D eigenvalue weighted by atomic mass is 32.2. The van der Waals surface area contributed by atoms with Crippen molar-refractivity contribution in [1.29, 1.82) is 0 Å². The molecule has 0 aliphatic carbocycles. The predicted molar refractivity (Wildman–Crippen MR) is 96.5 cm³/mol. The second-order valence-corrected chi connectivity index (χ2v) is 8.07. The Balaban J connectivity index is 1.73. The average molecular weight is 362 g/mol. The van der Waals surface area contributed by atoms with Gasteiger partial charge >= 0.3 is 0 Å². The lowest BCUT2D eigenvalue weighted by Crippen LogP contribution is -2.49. The summed E-state index contributed by atoms with van der Waals surface area (Å²) in [6, 6.07) is 11.3. The molecule has 2 heterocycles. The number of benzene rings is 1. The maximum Gasteiger partial charge on any atom is 0.224 e. The fraction of sp³-hybridized carbons (Fsp3) is 0.412. The van der Waals surface area contributed by atoms with E-state index < -0.39 is 10.0 Å². The standard InChI is InChI=1S/C17H22N4O3S/c1-3-25(22,23)21-11-9-20(10-12-21)16-13-17(19-14(2)18-16)24-15-7-5-4-6-8-15/h4-8,13H,3,9-12H2,1-2H3. The van der Waals surface area contributed by atoms with Gasteiger partial charge in [-0.25, -0.2) is 13.4 Å². The van der Waals surface area contributed by atoms with Crippen LogP contribution in [0.3, 0.4) is 0 Å². The molecule has 3 rings (SSSR count). The van der Waals surface area contributed by atoms with Crippen molar-refractivity contribution >= 4 is 15.8 Å². The Morgan fingerprint density at radius 3 is 2.40 bits per heavy atom. The van der Waals surface area contributed by atoms with Crippen LogP contribution < -0.4 is 9.64 Å². The Labute approximate surface area is 148 Å². The molecule has 1 aliphatic rings. The molecule has 0 bridgehead atoms. The van der Waals surface area contributed by atoms with E-state index in [9.17, 15) is 8.42 Å². The number of aromatic nitrogens is 2. The van der Waals surface area contributed by atoms with E-state index in [1.807, 2.05) is 37.3 Å². The third-order valence-electron chi connectivity index (χ3n) is 4.09. The largest absolute Gasteiger partial charge is 0.439 e. The van der Waals surface area contributed by atoms with Crippen LogP contribution in [-0.4, -0.2) is 54.6 Å². The Bertz CT molecular complexity index is 819. The molecule has 1 aromatic heterocycles. The second-order valence-electron chi connectivity index (χ2n) is 5.81. The molecule has 0 spiro atoms. The summed E-state index contributed by atoms with van der Waals surface area (Å²) >= 11 is 0. The van der Waals surface area contributed by atoms with E-state index in [1.165, 1.54) is 0 Å². The van der Waals surface area contributed by atoms with Crippen molar-refractivity contribution in [3.8, 4) is 11.6 Å². The third-order valence-corrected chi connectivity index (χ3v) is 5.97. The van der Waals surface area contributed by atoms with Crippen LogP contribution in [0.5, 0.6) is 11.6 Å². The summed E-state index contributed by atoms with van der Waals surface area (Å²) in [5.41, 5.74) is 0. The van der Waals surface area contributed by atoms with Gasteiger partial charge in [-0.3, -0.25) is 0 Å². The Kier molecular flexibility index (Phi) is 5.19. The molecule has 1 aliphatic heterocycles. The fourth-order valence-electron chi connectivity index (χ4n) is 2.73. The SMILES string of the molecule is CCS(=O)(=O)N1CCN(c2cc(Oc3ccccc3)nc(C)n2)CC1. The Hall–Kier alpha value is -2.19. The molecular formula is C17H22N4O3S.